The molecule has 1 N–H and O–H groups in total. The molecule has 7 nitrogen and oxygen atoms in total. The molecule has 3 rings (SSSR count). The van der Waals surface area contributed by atoms with Gasteiger partial charge < -0.3 is 19.8 Å². The molecule has 7 heteroatoms. The third-order valence-electron chi connectivity index (χ3n) is 7.12. The number of hydrogen-bond acceptors (Lipinski definition) is 4. The van der Waals surface area contributed by atoms with Gasteiger partial charge in [0, 0.05) is 39.8 Å². The minimum absolute atomic E-state index is 0.0182. The van der Waals surface area contributed by atoms with E-state index in [4.69, 9.17) is 4.98 Å². The summed E-state index contributed by atoms with van der Waals surface area (Å²) in [6.07, 6.45) is 3.33. The Hall–Kier alpha value is -2.31. The van der Waals surface area contributed by atoms with Crippen molar-refractivity contribution in [3.63, 3.8) is 0 Å². The zero-order valence-electron chi connectivity index (χ0n) is 19.9. The van der Waals surface area contributed by atoms with Crippen molar-refractivity contribution in [3.8, 4) is 0 Å². The number of hydrogen-bond donors (Lipinski definition) is 1. The average molecular weight is 431 g/mol. The number of piperidine rings is 2. The SMILES string of the molecule is Cc1nc(N2CCC(C3CCN(C(=O)O)CC3)CC2C(C)(C)C)ccc1C(=O)N(C)C. The number of carboxylic acid groups (broad SMARTS) is 1. The summed E-state index contributed by atoms with van der Waals surface area (Å²) in [6.45, 7) is 11.0. The summed E-state index contributed by atoms with van der Waals surface area (Å²) in [5, 5.41) is 9.24. The highest BCUT2D eigenvalue weighted by Gasteiger charge is 2.40. The minimum Gasteiger partial charge on any atom is -0.465 e. The molecule has 0 bridgehead atoms. The van der Waals surface area contributed by atoms with Crippen LogP contribution in [0.15, 0.2) is 12.1 Å². The van der Waals surface area contributed by atoms with Gasteiger partial charge in [-0.3, -0.25) is 4.79 Å². The Labute approximate surface area is 186 Å². The van der Waals surface area contributed by atoms with Gasteiger partial charge in [-0.25, -0.2) is 9.78 Å². The van der Waals surface area contributed by atoms with Crippen LogP contribution in [-0.4, -0.2) is 71.7 Å². The van der Waals surface area contributed by atoms with Crippen molar-refractivity contribution in [2.24, 2.45) is 17.3 Å². The summed E-state index contributed by atoms with van der Waals surface area (Å²) in [4.78, 5) is 34.0. The van der Waals surface area contributed by atoms with Crippen LogP contribution in [0.5, 0.6) is 0 Å². The maximum Gasteiger partial charge on any atom is 0.407 e. The lowest BCUT2D eigenvalue weighted by Crippen LogP contribution is -2.52. The number of aryl methyl sites for hydroxylation is 1. The molecule has 1 aromatic heterocycles. The van der Waals surface area contributed by atoms with Crippen LogP contribution in [0.25, 0.3) is 0 Å². The summed E-state index contributed by atoms with van der Waals surface area (Å²) in [5.74, 6) is 2.15. The van der Waals surface area contributed by atoms with Crippen molar-refractivity contribution < 1.29 is 14.7 Å². The first-order chi connectivity index (χ1) is 14.5. The van der Waals surface area contributed by atoms with E-state index in [1.165, 1.54) is 0 Å². The molecule has 2 aliphatic rings. The van der Waals surface area contributed by atoms with Gasteiger partial charge in [0.2, 0.25) is 0 Å². The Morgan fingerprint density at radius 3 is 2.19 bits per heavy atom. The third-order valence-corrected chi connectivity index (χ3v) is 7.12. The zero-order chi connectivity index (χ0) is 22.9. The standard InChI is InChI=1S/C24H38N4O3/c1-16-19(22(29)26(5)6)7-8-21(25-16)28-14-11-18(15-20(28)24(2,3)4)17-9-12-27(13-10-17)23(30)31/h7-8,17-18,20H,9-15H2,1-6H3,(H,30,31). The van der Waals surface area contributed by atoms with Crippen molar-refractivity contribution in [2.45, 2.75) is 59.4 Å². The van der Waals surface area contributed by atoms with Gasteiger partial charge in [-0.05, 0) is 62.0 Å². The van der Waals surface area contributed by atoms with Crippen molar-refractivity contribution in [3.05, 3.63) is 23.4 Å². The van der Waals surface area contributed by atoms with E-state index >= 15 is 0 Å². The summed E-state index contributed by atoms with van der Waals surface area (Å²) < 4.78 is 0. The van der Waals surface area contributed by atoms with E-state index in [-0.39, 0.29) is 11.3 Å². The number of nitrogens with zero attached hydrogens (tertiary/aromatic N) is 4. The molecule has 0 saturated carbocycles. The number of anilines is 1. The largest absolute Gasteiger partial charge is 0.465 e. The number of amides is 2. The van der Waals surface area contributed by atoms with Gasteiger partial charge in [0.05, 0.1) is 11.3 Å². The molecule has 0 aromatic carbocycles. The minimum atomic E-state index is -0.793. The van der Waals surface area contributed by atoms with Gasteiger partial charge in [-0.2, -0.15) is 0 Å². The van der Waals surface area contributed by atoms with Gasteiger partial charge in [0.1, 0.15) is 5.82 Å². The van der Waals surface area contributed by atoms with Gasteiger partial charge in [-0.1, -0.05) is 20.8 Å². The molecular weight excluding hydrogens is 392 g/mol. The highest BCUT2D eigenvalue weighted by atomic mass is 16.4. The van der Waals surface area contributed by atoms with Gasteiger partial charge in [0.15, 0.2) is 0 Å². The second-order valence-electron chi connectivity index (χ2n) is 10.5. The molecule has 31 heavy (non-hydrogen) atoms. The van der Waals surface area contributed by atoms with Crippen LogP contribution in [0, 0.1) is 24.2 Å². The van der Waals surface area contributed by atoms with Crippen LogP contribution < -0.4 is 4.90 Å². The van der Waals surface area contributed by atoms with Gasteiger partial charge in [-0.15, -0.1) is 0 Å². The quantitative estimate of drug-likeness (QED) is 0.781. The van der Waals surface area contributed by atoms with E-state index < -0.39 is 6.09 Å². The van der Waals surface area contributed by atoms with Gasteiger partial charge >= 0.3 is 6.09 Å². The Morgan fingerprint density at radius 2 is 1.68 bits per heavy atom. The zero-order valence-corrected chi connectivity index (χ0v) is 19.9. The molecule has 172 valence electrons. The van der Waals surface area contributed by atoms with E-state index in [2.05, 4.69) is 25.7 Å². The lowest BCUT2D eigenvalue weighted by molar-refractivity contribution is 0.0825. The fraction of sp³-hybridized carbons (Fsp3) is 0.708. The fourth-order valence-electron chi connectivity index (χ4n) is 5.25. The van der Waals surface area contributed by atoms with Crippen molar-refractivity contribution in [2.75, 3.05) is 38.6 Å². The number of rotatable bonds is 3. The Balaban J connectivity index is 1.76. The molecule has 0 spiro atoms. The molecule has 2 atom stereocenters. The molecule has 2 amide bonds. The highest BCUT2D eigenvalue weighted by molar-refractivity contribution is 5.95. The van der Waals surface area contributed by atoms with Crippen LogP contribution in [-0.2, 0) is 0 Å². The number of pyridine rings is 1. The summed E-state index contributed by atoms with van der Waals surface area (Å²) in [6, 6.07) is 4.26. The fourth-order valence-corrected chi connectivity index (χ4v) is 5.25. The van der Waals surface area contributed by atoms with E-state index in [9.17, 15) is 14.7 Å². The number of carbonyl (C=O) groups is 2. The molecule has 0 aliphatic carbocycles. The average Bonchev–Trinajstić information content (AvgIpc) is 2.72. The molecule has 2 saturated heterocycles. The van der Waals surface area contributed by atoms with E-state index in [0.717, 1.165) is 43.7 Å². The van der Waals surface area contributed by atoms with E-state index in [1.54, 1.807) is 23.9 Å². The second-order valence-corrected chi connectivity index (χ2v) is 10.5. The van der Waals surface area contributed by atoms with Crippen LogP contribution in [0.1, 0.15) is 62.5 Å². The normalized spacial score (nSPS) is 23.0. The topological polar surface area (TPSA) is 77.0 Å². The highest BCUT2D eigenvalue weighted by Crippen LogP contribution is 2.41. The smallest absolute Gasteiger partial charge is 0.407 e. The summed E-state index contributed by atoms with van der Waals surface area (Å²) in [5.41, 5.74) is 1.52. The van der Waals surface area contributed by atoms with Crippen LogP contribution >= 0.6 is 0 Å². The Morgan fingerprint density at radius 1 is 1.06 bits per heavy atom. The predicted molar refractivity (Wildman–Crippen MR) is 123 cm³/mol. The van der Waals surface area contributed by atoms with Gasteiger partial charge in [0.25, 0.3) is 5.91 Å². The molecule has 2 unspecified atom stereocenters. The number of likely N-dealkylation sites (tertiary alicyclic amines) is 1. The molecule has 2 fully saturated rings. The van der Waals surface area contributed by atoms with Crippen LogP contribution in [0.2, 0.25) is 0 Å². The van der Waals surface area contributed by atoms with E-state index in [0.29, 0.717) is 36.5 Å². The lowest BCUT2D eigenvalue weighted by atomic mass is 9.71. The summed E-state index contributed by atoms with van der Waals surface area (Å²) >= 11 is 0. The third kappa shape index (κ3) is 5.13. The number of aromatic nitrogens is 1. The maximum atomic E-state index is 12.4. The molecule has 3 heterocycles. The van der Waals surface area contributed by atoms with E-state index in [1.807, 2.05) is 19.1 Å². The van der Waals surface area contributed by atoms with Crippen molar-refractivity contribution >= 4 is 17.8 Å². The lowest BCUT2D eigenvalue weighted by Gasteiger charge is -2.49. The molecular formula is C24H38N4O3. The molecule has 1 aromatic rings. The predicted octanol–water partition coefficient (Wildman–Crippen LogP) is 4.11. The molecule has 0 radical (unpaired) electrons. The first-order valence-electron chi connectivity index (χ1n) is 11.4. The van der Waals surface area contributed by atoms with Crippen LogP contribution in [0.4, 0.5) is 10.6 Å². The first-order valence-corrected chi connectivity index (χ1v) is 11.4. The first kappa shape index (κ1) is 23.4. The second kappa shape index (κ2) is 9.05. The summed E-state index contributed by atoms with van der Waals surface area (Å²) in [7, 11) is 3.52. The van der Waals surface area contributed by atoms with Crippen LogP contribution in [0.3, 0.4) is 0 Å². The monoisotopic (exact) mass is 430 g/mol. The van der Waals surface area contributed by atoms with Crippen molar-refractivity contribution in [1.29, 1.82) is 0 Å². The molecule has 2 aliphatic heterocycles. The Kier molecular flexibility index (Phi) is 6.82. The van der Waals surface area contributed by atoms with Crippen molar-refractivity contribution in [1.82, 2.24) is 14.8 Å². The number of carbonyl (C=O) groups excluding carboxylic acids is 1. The Bertz CT molecular complexity index is 810. The maximum absolute atomic E-state index is 12.4.